The van der Waals surface area contributed by atoms with Gasteiger partial charge in [0.2, 0.25) is 0 Å². The molecule has 0 aliphatic rings. The Balaban J connectivity index is 0.00000289. The Morgan fingerprint density at radius 1 is 1.33 bits per heavy atom. The van der Waals surface area contributed by atoms with Crippen LogP contribution in [0.5, 0.6) is 0 Å². The normalized spacial score (nSPS) is 9.39. The number of aldehydes is 1. The van der Waals surface area contributed by atoms with Crippen LogP contribution in [0, 0.1) is 0 Å². The highest BCUT2D eigenvalue weighted by atomic mass is 35.5. The average molecular weight is 272 g/mol. The molecule has 1 aromatic rings. The third-order valence-electron chi connectivity index (χ3n) is 2.61. The average Bonchev–Trinajstić information content (AvgIpc) is 2.34. The zero-order valence-corrected chi connectivity index (χ0v) is 11.2. The van der Waals surface area contributed by atoms with E-state index in [2.05, 4.69) is 0 Å². The van der Waals surface area contributed by atoms with E-state index in [-0.39, 0.29) is 18.8 Å². The van der Waals surface area contributed by atoms with Crippen LogP contribution in [-0.4, -0.2) is 31.0 Å². The number of carbonyl (C=O) groups excluding carboxylic acids is 1. The Labute approximate surface area is 113 Å². The molecule has 18 heavy (non-hydrogen) atoms. The first-order valence-electron chi connectivity index (χ1n) is 5.62. The van der Waals surface area contributed by atoms with Gasteiger partial charge in [-0.15, -0.1) is 12.4 Å². The van der Waals surface area contributed by atoms with Gasteiger partial charge in [0.1, 0.15) is 0 Å². The molecule has 0 aromatic heterocycles. The fourth-order valence-corrected chi connectivity index (χ4v) is 1.68. The molecule has 4 nitrogen and oxygen atoms in total. The first-order valence-corrected chi connectivity index (χ1v) is 5.62. The van der Waals surface area contributed by atoms with Gasteiger partial charge in [0.15, 0.2) is 6.29 Å². The number of hydrogen-bond donors (Lipinski definition) is 1. The van der Waals surface area contributed by atoms with Gasteiger partial charge in [-0.25, -0.2) is 0 Å². The summed E-state index contributed by atoms with van der Waals surface area (Å²) in [5.74, 6) is -0.763. The molecule has 0 saturated carbocycles. The molecule has 0 radical (unpaired) electrons. The van der Waals surface area contributed by atoms with E-state index in [1.54, 1.807) is 6.07 Å². The minimum atomic E-state index is -0.763. The number of benzene rings is 1. The fraction of sp³-hybridized carbons (Fsp3) is 0.385. The number of nitrogens with zero attached hydrogens (tertiary/aromatic N) is 1. The van der Waals surface area contributed by atoms with Crippen LogP contribution < -0.4 is 4.90 Å². The van der Waals surface area contributed by atoms with Crippen molar-refractivity contribution in [3.8, 4) is 0 Å². The van der Waals surface area contributed by atoms with Crippen molar-refractivity contribution in [2.45, 2.75) is 19.3 Å². The van der Waals surface area contributed by atoms with E-state index in [4.69, 9.17) is 5.11 Å². The van der Waals surface area contributed by atoms with Crippen molar-refractivity contribution in [2.24, 2.45) is 0 Å². The van der Waals surface area contributed by atoms with Crippen molar-refractivity contribution in [1.29, 1.82) is 0 Å². The molecular formula is C13H18ClNO3. The van der Waals surface area contributed by atoms with Gasteiger partial charge in [-0.1, -0.05) is 12.1 Å². The largest absolute Gasteiger partial charge is 0.481 e. The van der Waals surface area contributed by atoms with Gasteiger partial charge in [-0.2, -0.15) is 0 Å². The number of unbranched alkanes of at least 4 members (excludes halogenated alkanes) is 1. The molecule has 0 saturated heterocycles. The lowest BCUT2D eigenvalue weighted by Crippen LogP contribution is -2.20. The molecule has 0 aliphatic carbocycles. The predicted octanol–water partition coefficient (Wildman–Crippen LogP) is 2.61. The first kappa shape index (κ1) is 16.4. The maximum atomic E-state index is 10.8. The molecule has 1 rings (SSSR count). The number of para-hydroxylation sites is 1. The summed E-state index contributed by atoms with van der Waals surface area (Å²) in [5.41, 5.74) is 1.55. The number of carboxylic acids is 1. The summed E-state index contributed by atoms with van der Waals surface area (Å²) in [7, 11) is 1.91. The summed E-state index contributed by atoms with van der Waals surface area (Å²) < 4.78 is 0. The second-order valence-corrected chi connectivity index (χ2v) is 3.95. The molecule has 1 N–H and O–H groups in total. The Hall–Kier alpha value is -1.55. The zero-order chi connectivity index (χ0) is 12.7. The summed E-state index contributed by atoms with van der Waals surface area (Å²) in [6.45, 7) is 0.748. The Morgan fingerprint density at radius 2 is 2.00 bits per heavy atom. The maximum Gasteiger partial charge on any atom is 0.303 e. The van der Waals surface area contributed by atoms with E-state index >= 15 is 0 Å². The lowest BCUT2D eigenvalue weighted by atomic mass is 10.1. The van der Waals surface area contributed by atoms with Gasteiger partial charge in [-0.05, 0) is 25.0 Å². The van der Waals surface area contributed by atoms with E-state index in [9.17, 15) is 9.59 Å². The second kappa shape index (κ2) is 8.53. The number of carbonyl (C=O) groups is 2. The highest BCUT2D eigenvalue weighted by molar-refractivity contribution is 5.85. The monoisotopic (exact) mass is 271 g/mol. The van der Waals surface area contributed by atoms with Crippen LogP contribution in [0.2, 0.25) is 0 Å². The van der Waals surface area contributed by atoms with E-state index in [1.807, 2.05) is 30.1 Å². The quantitative estimate of drug-likeness (QED) is 0.612. The van der Waals surface area contributed by atoms with Crippen LogP contribution in [0.1, 0.15) is 29.6 Å². The van der Waals surface area contributed by atoms with Gasteiger partial charge in [0.25, 0.3) is 0 Å². The third kappa shape index (κ3) is 5.19. The number of carboxylic acid groups (broad SMARTS) is 1. The van der Waals surface area contributed by atoms with Gasteiger partial charge in [-0.3, -0.25) is 9.59 Å². The van der Waals surface area contributed by atoms with E-state index < -0.39 is 5.97 Å². The maximum absolute atomic E-state index is 10.8. The molecule has 0 fully saturated rings. The number of hydrogen-bond acceptors (Lipinski definition) is 3. The number of rotatable bonds is 7. The highest BCUT2D eigenvalue weighted by Gasteiger charge is 2.06. The van der Waals surface area contributed by atoms with Crippen molar-refractivity contribution in [2.75, 3.05) is 18.5 Å². The molecule has 1 aromatic carbocycles. The highest BCUT2D eigenvalue weighted by Crippen LogP contribution is 2.17. The Kier molecular flexibility index (Phi) is 7.79. The molecule has 0 unspecified atom stereocenters. The van der Waals surface area contributed by atoms with Gasteiger partial charge in [0.05, 0.1) is 0 Å². The Morgan fingerprint density at radius 3 is 2.61 bits per heavy atom. The molecule has 0 bridgehead atoms. The smallest absolute Gasteiger partial charge is 0.303 e. The minimum Gasteiger partial charge on any atom is -0.481 e. The van der Waals surface area contributed by atoms with Gasteiger partial charge >= 0.3 is 5.97 Å². The molecule has 0 atom stereocenters. The molecule has 0 heterocycles. The standard InChI is InChI=1S/C13H17NO3.ClH/c1-14(9-5-4-8-13(16)17)12-7-3-2-6-11(12)10-15;/h2-3,6-7,10H,4-5,8-9H2,1H3,(H,16,17);1H. The number of anilines is 1. The topological polar surface area (TPSA) is 57.6 Å². The van der Waals surface area contributed by atoms with E-state index in [0.717, 1.165) is 24.9 Å². The summed E-state index contributed by atoms with van der Waals surface area (Å²) >= 11 is 0. The number of halogens is 1. The van der Waals surface area contributed by atoms with Crippen molar-refractivity contribution < 1.29 is 14.7 Å². The zero-order valence-electron chi connectivity index (χ0n) is 10.3. The molecule has 5 heteroatoms. The second-order valence-electron chi connectivity index (χ2n) is 3.95. The van der Waals surface area contributed by atoms with E-state index in [0.29, 0.717) is 12.0 Å². The summed E-state index contributed by atoms with van der Waals surface area (Å²) in [4.78, 5) is 23.2. The van der Waals surface area contributed by atoms with Crippen LogP contribution in [0.25, 0.3) is 0 Å². The van der Waals surface area contributed by atoms with Crippen LogP contribution in [0.15, 0.2) is 24.3 Å². The third-order valence-corrected chi connectivity index (χ3v) is 2.61. The van der Waals surface area contributed by atoms with Crippen molar-refractivity contribution in [1.82, 2.24) is 0 Å². The SMILES string of the molecule is CN(CCCCC(=O)O)c1ccccc1C=O.Cl. The summed E-state index contributed by atoms with van der Waals surface area (Å²) in [6, 6.07) is 7.37. The molecule has 0 amide bonds. The minimum absolute atomic E-state index is 0. The first-order chi connectivity index (χ1) is 8.15. The van der Waals surface area contributed by atoms with Crippen LogP contribution in [-0.2, 0) is 4.79 Å². The van der Waals surface area contributed by atoms with Crippen LogP contribution >= 0.6 is 12.4 Å². The number of aliphatic carboxylic acids is 1. The van der Waals surface area contributed by atoms with Crippen LogP contribution in [0.4, 0.5) is 5.69 Å². The molecule has 100 valence electrons. The fourth-order valence-electron chi connectivity index (χ4n) is 1.68. The van der Waals surface area contributed by atoms with Crippen molar-refractivity contribution in [3.05, 3.63) is 29.8 Å². The van der Waals surface area contributed by atoms with Gasteiger partial charge < -0.3 is 10.0 Å². The molecule has 0 aliphatic heterocycles. The van der Waals surface area contributed by atoms with Crippen molar-refractivity contribution in [3.63, 3.8) is 0 Å². The summed E-state index contributed by atoms with van der Waals surface area (Å²) in [5, 5.41) is 8.52. The van der Waals surface area contributed by atoms with Gasteiger partial charge in [0, 0.05) is 31.3 Å². The van der Waals surface area contributed by atoms with Crippen molar-refractivity contribution >= 4 is 30.3 Å². The van der Waals surface area contributed by atoms with Crippen LogP contribution in [0.3, 0.4) is 0 Å². The lowest BCUT2D eigenvalue weighted by molar-refractivity contribution is -0.137. The predicted molar refractivity (Wildman–Crippen MR) is 73.8 cm³/mol. The Bertz CT molecular complexity index is 396. The lowest BCUT2D eigenvalue weighted by Gasteiger charge is -2.20. The molecular weight excluding hydrogens is 254 g/mol. The molecule has 0 spiro atoms. The van der Waals surface area contributed by atoms with E-state index in [1.165, 1.54) is 0 Å². The summed E-state index contributed by atoms with van der Waals surface area (Å²) in [6.07, 6.45) is 2.49.